The molecule has 0 aromatic heterocycles. The number of carboxylic acid groups (broad SMARTS) is 1. The third kappa shape index (κ3) is 19.9. The fourth-order valence-electron chi connectivity index (χ4n) is 7.81. The van der Waals surface area contributed by atoms with Crippen molar-refractivity contribution in [2.24, 2.45) is 23.5 Å². The summed E-state index contributed by atoms with van der Waals surface area (Å²) in [6.07, 6.45) is 0.307. The zero-order valence-electron chi connectivity index (χ0n) is 38.4. The molecule has 0 unspecified atom stereocenters. The Hall–Kier alpha value is -3.18. The summed E-state index contributed by atoms with van der Waals surface area (Å²) in [6.45, 7) is 10.5. The van der Waals surface area contributed by atoms with E-state index >= 15 is 0 Å². The van der Waals surface area contributed by atoms with E-state index in [0.29, 0.717) is 0 Å². The van der Waals surface area contributed by atoms with Gasteiger partial charge in [-0.05, 0) is 47.0 Å². The minimum absolute atomic E-state index is 0.106. The van der Waals surface area contributed by atoms with E-state index in [2.05, 4.69) is 0 Å². The first kappa shape index (κ1) is 57.9. The Bertz CT molecular complexity index is 1590. The smallest absolute Gasteiger partial charge is 0.311 e. The number of esters is 1. The molecule has 19 atom stereocenters. The number of ether oxygens (including phenoxy) is 4. The van der Waals surface area contributed by atoms with E-state index < -0.39 is 147 Å². The average molecular weight is 928 g/mol. The number of aliphatic hydroxyl groups is 10. The maximum absolute atomic E-state index is 12.5. The highest BCUT2D eigenvalue weighted by Crippen LogP contribution is 2.38. The van der Waals surface area contributed by atoms with Gasteiger partial charge in [-0.2, -0.15) is 0 Å². The monoisotopic (exact) mass is 928 g/mol. The summed E-state index contributed by atoms with van der Waals surface area (Å²) in [7, 11) is 0. The summed E-state index contributed by atoms with van der Waals surface area (Å²) in [5, 5.41) is 118. The number of aliphatic carboxylic acids is 1. The van der Waals surface area contributed by atoms with Gasteiger partial charge in [-0.3, -0.25) is 9.59 Å². The van der Waals surface area contributed by atoms with Crippen molar-refractivity contribution < 1.29 is 84.7 Å². The van der Waals surface area contributed by atoms with E-state index in [9.17, 15) is 65.8 Å². The van der Waals surface area contributed by atoms with Gasteiger partial charge < -0.3 is 80.9 Å². The quantitative estimate of drug-likeness (QED) is 0.0407. The molecule has 0 aromatic rings. The molecule has 65 heavy (non-hydrogen) atoms. The molecule has 2 heterocycles. The Kier molecular flexibility index (Phi) is 25.7. The van der Waals surface area contributed by atoms with Crippen molar-refractivity contribution in [2.75, 3.05) is 0 Å². The predicted octanol–water partition coefficient (Wildman–Crippen LogP) is 1.18. The zero-order valence-corrected chi connectivity index (χ0v) is 38.4. The first-order valence-corrected chi connectivity index (χ1v) is 22.5. The van der Waals surface area contributed by atoms with E-state index in [1.165, 1.54) is 13.0 Å². The summed E-state index contributed by atoms with van der Waals surface area (Å²) >= 11 is 0. The van der Waals surface area contributed by atoms with E-state index in [-0.39, 0.29) is 31.6 Å². The lowest BCUT2D eigenvalue weighted by Crippen LogP contribution is -2.61. The number of hydrogen-bond donors (Lipinski definition) is 12. The van der Waals surface area contributed by atoms with Gasteiger partial charge in [-0.1, -0.05) is 86.8 Å². The molecule has 13 N–H and O–H groups in total. The second kappa shape index (κ2) is 28.9. The highest BCUT2D eigenvalue weighted by Gasteiger charge is 2.51. The molecule has 18 heteroatoms. The number of allylic oxidation sites excluding steroid dienone is 10. The van der Waals surface area contributed by atoms with Crippen LogP contribution in [0.3, 0.4) is 0 Å². The Morgan fingerprint density at radius 1 is 0.800 bits per heavy atom. The molecule has 0 saturated carbocycles. The molecule has 18 nitrogen and oxygen atoms in total. The van der Waals surface area contributed by atoms with Gasteiger partial charge >= 0.3 is 11.9 Å². The SMILES string of the molecule is C/C=C/C=C/C=C/C=C/[C@@H](C[C@@H]1O[C@](O)(C[C@@H](O)C[C@@H](O)[C@H](O)CC[C@@H](O)C[C@@H](O)CC(=O)O[C@@H](C)[C@H](C)[C@H](O)[C@@H](C)/C=C/C=C/C)C[C@H](O)[C@H]1C(=O)O)O[C@@H]1O[C@H](C)[C@@H](O)[C@H](N)[C@@H]1O. The molecular weight excluding hydrogens is 851 g/mol. The van der Waals surface area contributed by atoms with E-state index in [1.807, 2.05) is 57.2 Å². The second-order valence-corrected chi connectivity index (χ2v) is 17.5. The molecule has 2 saturated heterocycles. The van der Waals surface area contributed by atoms with Gasteiger partial charge in [0.2, 0.25) is 0 Å². The number of hydrogen-bond acceptors (Lipinski definition) is 17. The number of aliphatic hydroxyl groups excluding tert-OH is 9. The summed E-state index contributed by atoms with van der Waals surface area (Å²) in [5.74, 6) is -6.70. The third-order valence-corrected chi connectivity index (χ3v) is 11.9. The van der Waals surface area contributed by atoms with Crippen LogP contribution in [0.4, 0.5) is 0 Å². The predicted molar refractivity (Wildman–Crippen MR) is 239 cm³/mol. The standard InChI is InChI=1S/C47H77NO17/c1-7-9-11-12-13-14-16-18-34(64-46-44(58)41(48)43(57)30(6)63-46)24-38-40(45(59)60)37(54)26-47(61,65-38)25-33(51)22-36(53)35(52)20-19-31(49)21-32(50)23-39(55)62-29(5)28(4)42(56)27(3)17-15-10-8-2/h7-18,27-38,40-44,46,49-54,56-58,61H,19-26,48H2,1-6H3,(H,59,60)/b9-7+,10-8+,12-11+,14-13+,17-15+,18-16+/t27-,28-,29-,30+,31+,32+,33-,34-,35+,36+,37-,38-,40+,41-,42+,43+,44-,46-,47+/m0/s1. The van der Waals surface area contributed by atoms with Crippen LogP contribution in [0.25, 0.3) is 0 Å². The van der Waals surface area contributed by atoms with Gasteiger partial charge in [-0.25, -0.2) is 0 Å². The van der Waals surface area contributed by atoms with E-state index in [0.717, 1.165) is 0 Å². The number of rotatable bonds is 27. The molecule has 2 fully saturated rings. The fourth-order valence-corrected chi connectivity index (χ4v) is 7.81. The largest absolute Gasteiger partial charge is 0.481 e. The highest BCUT2D eigenvalue weighted by atomic mass is 16.7. The molecule has 2 aliphatic rings. The molecule has 0 aromatic carbocycles. The molecule has 0 spiro atoms. The second-order valence-electron chi connectivity index (χ2n) is 17.5. The molecule has 372 valence electrons. The summed E-state index contributed by atoms with van der Waals surface area (Å²) in [6, 6.07) is -1.14. The molecule has 0 bridgehead atoms. The maximum Gasteiger partial charge on any atom is 0.311 e. The molecule has 0 radical (unpaired) electrons. The lowest BCUT2D eigenvalue weighted by molar-refractivity contribution is -0.308. The van der Waals surface area contributed by atoms with Crippen molar-refractivity contribution >= 4 is 11.9 Å². The number of carboxylic acids is 1. The topological polar surface area (TPSA) is 320 Å². The highest BCUT2D eigenvalue weighted by molar-refractivity contribution is 5.71. The van der Waals surface area contributed by atoms with Crippen LogP contribution in [0.2, 0.25) is 0 Å². The zero-order chi connectivity index (χ0) is 49.0. The van der Waals surface area contributed by atoms with Crippen LogP contribution >= 0.6 is 0 Å². The van der Waals surface area contributed by atoms with Gasteiger partial charge in [0, 0.05) is 37.5 Å². The molecule has 0 amide bonds. The Morgan fingerprint density at radius 2 is 1.40 bits per heavy atom. The number of carbonyl (C=O) groups is 2. The van der Waals surface area contributed by atoms with E-state index in [1.54, 1.807) is 44.2 Å². The Labute approximate surface area is 382 Å². The van der Waals surface area contributed by atoms with Crippen LogP contribution < -0.4 is 5.73 Å². The minimum Gasteiger partial charge on any atom is -0.481 e. The lowest BCUT2D eigenvalue weighted by Gasteiger charge is -2.45. The van der Waals surface area contributed by atoms with Crippen LogP contribution in [0.5, 0.6) is 0 Å². The third-order valence-electron chi connectivity index (χ3n) is 11.9. The van der Waals surface area contributed by atoms with Crippen molar-refractivity contribution in [2.45, 2.75) is 190 Å². The first-order valence-electron chi connectivity index (χ1n) is 22.5. The first-order chi connectivity index (χ1) is 30.5. The number of nitrogens with two attached hydrogens (primary N) is 1. The van der Waals surface area contributed by atoms with Crippen LogP contribution in [0, 0.1) is 17.8 Å². The normalized spacial score (nSPS) is 31.6. The van der Waals surface area contributed by atoms with E-state index in [4.69, 9.17) is 24.7 Å². The molecular formula is C47H77NO17. The van der Waals surface area contributed by atoms with Crippen LogP contribution in [0.1, 0.15) is 92.9 Å². The Morgan fingerprint density at radius 3 is 2.03 bits per heavy atom. The summed E-state index contributed by atoms with van der Waals surface area (Å²) in [5.41, 5.74) is 5.99. The lowest BCUT2D eigenvalue weighted by atomic mass is 9.82. The van der Waals surface area contributed by atoms with Crippen LogP contribution in [-0.2, 0) is 28.5 Å². The van der Waals surface area contributed by atoms with Crippen molar-refractivity contribution in [3.8, 4) is 0 Å². The van der Waals surface area contributed by atoms with Gasteiger partial charge in [0.1, 0.15) is 18.1 Å². The van der Waals surface area contributed by atoms with Gasteiger partial charge in [0.15, 0.2) is 12.1 Å². The van der Waals surface area contributed by atoms with Crippen molar-refractivity contribution in [3.63, 3.8) is 0 Å². The summed E-state index contributed by atoms with van der Waals surface area (Å²) < 4.78 is 23.0. The van der Waals surface area contributed by atoms with Crippen LogP contribution in [0.15, 0.2) is 72.9 Å². The van der Waals surface area contributed by atoms with Gasteiger partial charge in [-0.15, -0.1) is 0 Å². The maximum atomic E-state index is 12.5. The van der Waals surface area contributed by atoms with Crippen molar-refractivity contribution in [1.82, 2.24) is 0 Å². The average Bonchev–Trinajstić information content (AvgIpc) is 3.21. The van der Waals surface area contributed by atoms with Crippen molar-refractivity contribution in [1.29, 1.82) is 0 Å². The van der Waals surface area contributed by atoms with Gasteiger partial charge in [0.05, 0.1) is 79.6 Å². The van der Waals surface area contributed by atoms with Gasteiger partial charge in [0.25, 0.3) is 0 Å². The summed E-state index contributed by atoms with van der Waals surface area (Å²) in [4.78, 5) is 25.0. The minimum atomic E-state index is -2.32. The number of carbonyl (C=O) groups excluding carboxylic acids is 1. The van der Waals surface area contributed by atoms with Crippen LogP contribution in [-0.4, -0.2) is 166 Å². The van der Waals surface area contributed by atoms with Crippen molar-refractivity contribution in [3.05, 3.63) is 72.9 Å². The molecule has 0 aliphatic carbocycles. The molecule has 2 rings (SSSR count). The molecule has 2 aliphatic heterocycles. The Balaban J connectivity index is 2.02. The fraction of sp³-hybridized carbons (Fsp3) is 0.702.